The van der Waals surface area contributed by atoms with Crippen molar-refractivity contribution in [3.05, 3.63) is 78.1 Å². The summed E-state index contributed by atoms with van der Waals surface area (Å²) >= 11 is 1.26. The van der Waals surface area contributed by atoms with Crippen LogP contribution in [0.2, 0.25) is 0 Å². The highest BCUT2D eigenvalue weighted by atomic mass is 32.2. The molecule has 2 aromatic carbocycles. The van der Waals surface area contributed by atoms with Crippen LogP contribution in [-0.4, -0.2) is 48.0 Å². The van der Waals surface area contributed by atoms with E-state index in [4.69, 9.17) is 0 Å². The van der Waals surface area contributed by atoms with Gasteiger partial charge in [0.2, 0.25) is 5.91 Å². The van der Waals surface area contributed by atoms with Crippen molar-refractivity contribution in [3.63, 3.8) is 0 Å². The number of carbonyl (C=O) groups excluding carboxylic acids is 2. The number of nitrogens with zero attached hydrogens (tertiary/aromatic N) is 3. The third kappa shape index (κ3) is 5.69. The van der Waals surface area contributed by atoms with Gasteiger partial charge in [-0.25, -0.2) is 23.4 Å². The van der Waals surface area contributed by atoms with Crippen LogP contribution in [0.5, 0.6) is 0 Å². The lowest BCUT2D eigenvalue weighted by atomic mass is 10.1. The Morgan fingerprint density at radius 2 is 1.76 bits per heavy atom. The average molecular weight is 494 g/mol. The molecule has 2 N–H and O–H groups in total. The summed E-state index contributed by atoms with van der Waals surface area (Å²) in [5, 5.41) is 7.35. The van der Waals surface area contributed by atoms with E-state index in [-0.39, 0.29) is 17.0 Å². The van der Waals surface area contributed by atoms with Gasteiger partial charge < -0.3 is 10.6 Å². The van der Waals surface area contributed by atoms with Gasteiger partial charge in [-0.2, -0.15) is 0 Å². The summed E-state index contributed by atoms with van der Waals surface area (Å²) in [6, 6.07) is 15.1. The van der Waals surface area contributed by atoms with E-state index in [0.717, 1.165) is 23.1 Å². The van der Waals surface area contributed by atoms with E-state index < -0.39 is 21.7 Å². The minimum Gasteiger partial charge on any atom is -0.343 e. The molecule has 9 nitrogen and oxygen atoms in total. The molecule has 0 radical (unpaired) electrons. The van der Waals surface area contributed by atoms with Crippen LogP contribution >= 0.6 is 11.3 Å². The highest BCUT2D eigenvalue weighted by molar-refractivity contribution is 7.90. The summed E-state index contributed by atoms with van der Waals surface area (Å²) in [6.07, 6.45) is 4.22. The van der Waals surface area contributed by atoms with E-state index in [2.05, 4.69) is 25.6 Å². The van der Waals surface area contributed by atoms with Gasteiger partial charge in [-0.05, 0) is 30.3 Å². The van der Waals surface area contributed by atoms with E-state index in [1.54, 1.807) is 6.20 Å². The number of aromatic nitrogens is 3. The van der Waals surface area contributed by atoms with Gasteiger partial charge in [0.05, 0.1) is 22.8 Å². The Bertz CT molecular complexity index is 1450. The Labute approximate surface area is 199 Å². The van der Waals surface area contributed by atoms with Gasteiger partial charge in [-0.15, -0.1) is 11.3 Å². The average Bonchev–Trinajstić information content (AvgIpc) is 3.31. The van der Waals surface area contributed by atoms with E-state index >= 15 is 0 Å². The number of nitrogens with one attached hydrogen (secondary N) is 2. The monoisotopic (exact) mass is 493 g/mol. The van der Waals surface area contributed by atoms with Crippen molar-refractivity contribution < 1.29 is 18.0 Å². The second-order valence-electron chi connectivity index (χ2n) is 7.24. The predicted molar refractivity (Wildman–Crippen MR) is 129 cm³/mol. The second-order valence-corrected chi connectivity index (χ2v) is 10.1. The Morgan fingerprint density at radius 3 is 2.50 bits per heavy atom. The lowest BCUT2D eigenvalue weighted by molar-refractivity contribution is -0.115. The van der Waals surface area contributed by atoms with Crippen molar-refractivity contribution in [1.29, 1.82) is 0 Å². The number of benzene rings is 2. The second kappa shape index (κ2) is 9.89. The van der Waals surface area contributed by atoms with Crippen molar-refractivity contribution in [3.8, 4) is 22.5 Å². The molecule has 172 valence electrons. The first-order chi connectivity index (χ1) is 16.3. The Kier molecular flexibility index (Phi) is 6.75. The van der Waals surface area contributed by atoms with Gasteiger partial charge in [-0.3, -0.25) is 9.59 Å². The summed E-state index contributed by atoms with van der Waals surface area (Å²) < 4.78 is 23.3. The van der Waals surface area contributed by atoms with Crippen molar-refractivity contribution in [2.24, 2.45) is 0 Å². The maximum atomic E-state index is 12.3. The Hall–Kier alpha value is -3.96. The zero-order valence-electron chi connectivity index (χ0n) is 17.9. The smallest absolute Gasteiger partial charge is 0.251 e. The quantitative estimate of drug-likeness (QED) is 0.404. The fraction of sp³-hybridized carbons (Fsp3) is 0.0870. The number of sulfone groups is 1. The van der Waals surface area contributed by atoms with E-state index in [1.807, 2.05) is 35.7 Å². The molecule has 0 spiro atoms. The van der Waals surface area contributed by atoms with E-state index in [1.165, 1.54) is 41.9 Å². The van der Waals surface area contributed by atoms with Crippen LogP contribution in [0.15, 0.2) is 77.4 Å². The van der Waals surface area contributed by atoms with Crippen molar-refractivity contribution >= 4 is 38.1 Å². The van der Waals surface area contributed by atoms with Crippen molar-refractivity contribution in [2.75, 3.05) is 18.1 Å². The van der Waals surface area contributed by atoms with Crippen LogP contribution in [0.1, 0.15) is 10.4 Å². The summed E-state index contributed by atoms with van der Waals surface area (Å²) in [5.74, 6) is -1.01. The topological polar surface area (TPSA) is 131 Å². The highest BCUT2D eigenvalue weighted by Gasteiger charge is 2.14. The third-order valence-electron chi connectivity index (χ3n) is 4.72. The number of rotatable bonds is 7. The molecule has 2 aromatic heterocycles. The molecule has 4 rings (SSSR count). The minimum atomic E-state index is -3.44. The van der Waals surface area contributed by atoms with E-state index in [0.29, 0.717) is 10.8 Å². The molecule has 4 aromatic rings. The fourth-order valence-corrected chi connectivity index (χ4v) is 4.46. The lowest BCUT2D eigenvalue weighted by Crippen LogP contribution is -2.32. The first-order valence-corrected chi connectivity index (χ1v) is 12.8. The van der Waals surface area contributed by atoms with Gasteiger partial charge in [0.15, 0.2) is 15.0 Å². The van der Waals surface area contributed by atoms with Gasteiger partial charge in [0.25, 0.3) is 5.91 Å². The summed E-state index contributed by atoms with van der Waals surface area (Å²) in [6.45, 7) is -0.292. The maximum absolute atomic E-state index is 12.3. The molecule has 2 amide bonds. The Balaban J connectivity index is 1.37. The summed E-state index contributed by atoms with van der Waals surface area (Å²) in [4.78, 5) is 37.3. The number of hydrogen-bond donors (Lipinski definition) is 2. The van der Waals surface area contributed by atoms with Crippen LogP contribution in [0.25, 0.3) is 22.5 Å². The molecule has 0 saturated carbocycles. The zero-order valence-corrected chi connectivity index (χ0v) is 19.6. The van der Waals surface area contributed by atoms with Crippen LogP contribution in [0.3, 0.4) is 0 Å². The predicted octanol–water partition coefficient (Wildman–Crippen LogP) is 3.04. The molecule has 0 fully saturated rings. The first-order valence-electron chi connectivity index (χ1n) is 10.00. The van der Waals surface area contributed by atoms with Crippen LogP contribution in [0, 0.1) is 0 Å². The number of amides is 2. The SMILES string of the molecule is CS(=O)(=O)c1cccc(C(=O)NCC(=O)Nc2nc(-c3cccc(-c4ccncn4)c3)cs2)c1. The highest BCUT2D eigenvalue weighted by Crippen LogP contribution is 2.28. The van der Waals surface area contributed by atoms with Gasteiger partial charge in [0.1, 0.15) is 6.33 Å². The molecule has 34 heavy (non-hydrogen) atoms. The van der Waals surface area contributed by atoms with Gasteiger partial charge >= 0.3 is 0 Å². The normalized spacial score (nSPS) is 11.1. The van der Waals surface area contributed by atoms with Crippen molar-refractivity contribution in [1.82, 2.24) is 20.3 Å². The van der Waals surface area contributed by atoms with Crippen molar-refractivity contribution in [2.45, 2.75) is 4.90 Å². The molecule has 11 heteroatoms. The largest absolute Gasteiger partial charge is 0.343 e. The maximum Gasteiger partial charge on any atom is 0.251 e. The molecule has 2 heterocycles. The number of carbonyl (C=O) groups is 2. The third-order valence-corrected chi connectivity index (χ3v) is 6.59. The van der Waals surface area contributed by atoms with E-state index in [9.17, 15) is 18.0 Å². The number of anilines is 1. The molecule has 0 aliphatic carbocycles. The fourth-order valence-electron chi connectivity index (χ4n) is 3.06. The molecular weight excluding hydrogens is 474 g/mol. The minimum absolute atomic E-state index is 0.0312. The van der Waals surface area contributed by atoms with Crippen LogP contribution < -0.4 is 10.6 Å². The standard InChI is InChI=1S/C23H19N5O4S2/c1-34(31,32)18-7-3-6-17(11-18)22(30)25-12-21(29)28-23-27-20(13-33-23)16-5-2-4-15(10-16)19-8-9-24-14-26-19/h2-11,13-14H,12H2,1H3,(H,25,30)(H,27,28,29). The first kappa shape index (κ1) is 23.2. The summed E-state index contributed by atoms with van der Waals surface area (Å²) in [7, 11) is -3.44. The molecule has 0 bridgehead atoms. The molecule has 0 atom stereocenters. The summed E-state index contributed by atoms with van der Waals surface area (Å²) in [5.41, 5.74) is 3.42. The zero-order chi connectivity index (χ0) is 24.1. The molecule has 0 aliphatic heterocycles. The van der Waals surface area contributed by atoms with Gasteiger partial charge in [0, 0.05) is 34.5 Å². The van der Waals surface area contributed by atoms with Crippen LogP contribution in [-0.2, 0) is 14.6 Å². The number of hydrogen-bond acceptors (Lipinski definition) is 8. The molecule has 0 saturated heterocycles. The van der Waals surface area contributed by atoms with Crippen LogP contribution in [0.4, 0.5) is 5.13 Å². The Morgan fingerprint density at radius 1 is 1.00 bits per heavy atom. The molecular formula is C23H19N5O4S2. The van der Waals surface area contributed by atoms with Gasteiger partial charge in [-0.1, -0.05) is 24.3 Å². The number of thiazole rings is 1. The lowest BCUT2D eigenvalue weighted by Gasteiger charge is -2.06. The molecule has 0 unspecified atom stereocenters. The molecule has 0 aliphatic rings.